The molecule has 1 saturated heterocycles. The molecule has 7 heteroatoms. The van der Waals surface area contributed by atoms with Crippen LogP contribution in [-0.4, -0.2) is 45.5 Å². The predicted molar refractivity (Wildman–Crippen MR) is 86.3 cm³/mol. The van der Waals surface area contributed by atoms with Gasteiger partial charge in [0.25, 0.3) is 5.91 Å². The first-order valence-corrected chi connectivity index (χ1v) is 7.93. The van der Waals surface area contributed by atoms with E-state index in [-0.39, 0.29) is 17.5 Å². The zero-order chi connectivity index (χ0) is 16.5. The summed E-state index contributed by atoms with van der Waals surface area (Å²) in [6.07, 6.45) is 2.16. The first-order valence-electron chi connectivity index (χ1n) is 6.80. The highest BCUT2D eigenvalue weighted by Gasteiger charge is 2.40. The molecule has 0 aromatic rings. The fraction of sp³-hybridized carbons (Fsp3) is 0.714. The van der Waals surface area contributed by atoms with Gasteiger partial charge in [0, 0.05) is 20.0 Å². The van der Waals surface area contributed by atoms with Crippen molar-refractivity contribution in [3.05, 3.63) is 11.8 Å². The van der Waals surface area contributed by atoms with E-state index in [2.05, 4.69) is 0 Å². The van der Waals surface area contributed by atoms with Crippen molar-refractivity contribution < 1.29 is 9.59 Å². The molecule has 1 heterocycles. The molecule has 1 aliphatic rings. The number of nitrogens with zero attached hydrogens (tertiary/aromatic N) is 2. The molecule has 1 aliphatic heterocycles. The quantitative estimate of drug-likeness (QED) is 0.576. The Labute approximate surface area is 141 Å². The number of carbonyl (C=O) groups excluding carboxylic acids is 2. The first-order chi connectivity index (χ1) is 9.46. The Morgan fingerprint density at radius 2 is 1.71 bits per heavy atom. The van der Waals surface area contributed by atoms with Crippen molar-refractivity contribution in [2.45, 2.75) is 37.0 Å². The highest BCUT2D eigenvalue weighted by atomic mass is 35.6. The SMILES string of the molecule is CC(C)CC1C(=O)N(C)/C(=C\C(C)C(Cl)(Cl)Cl)C(=O)N1C. The zero-order valence-electron chi connectivity index (χ0n) is 12.9. The molecule has 2 amide bonds. The van der Waals surface area contributed by atoms with Gasteiger partial charge in [-0.05, 0) is 18.4 Å². The van der Waals surface area contributed by atoms with Gasteiger partial charge in [0.05, 0.1) is 0 Å². The number of carbonyl (C=O) groups is 2. The van der Waals surface area contributed by atoms with Gasteiger partial charge in [-0.15, -0.1) is 0 Å². The largest absolute Gasteiger partial charge is 0.328 e. The van der Waals surface area contributed by atoms with Crippen LogP contribution in [-0.2, 0) is 9.59 Å². The minimum atomic E-state index is -1.52. The molecule has 0 aliphatic carbocycles. The van der Waals surface area contributed by atoms with E-state index in [1.165, 1.54) is 15.9 Å². The van der Waals surface area contributed by atoms with E-state index in [1.807, 2.05) is 13.8 Å². The van der Waals surface area contributed by atoms with Crippen LogP contribution in [0, 0.1) is 11.8 Å². The Hall–Kier alpha value is -0.450. The van der Waals surface area contributed by atoms with Crippen molar-refractivity contribution in [3.63, 3.8) is 0 Å². The maximum Gasteiger partial charge on any atom is 0.270 e. The number of piperazine rings is 1. The molecule has 0 radical (unpaired) electrons. The van der Waals surface area contributed by atoms with Crippen molar-refractivity contribution in [2.24, 2.45) is 11.8 Å². The predicted octanol–water partition coefficient (Wildman–Crippen LogP) is 3.22. The van der Waals surface area contributed by atoms with Crippen molar-refractivity contribution in [2.75, 3.05) is 14.1 Å². The van der Waals surface area contributed by atoms with Crippen LogP contribution >= 0.6 is 34.8 Å². The Kier molecular flexibility index (Phi) is 5.99. The molecule has 21 heavy (non-hydrogen) atoms. The monoisotopic (exact) mass is 354 g/mol. The maximum atomic E-state index is 12.5. The average Bonchev–Trinajstić information content (AvgIpc) is 2.35. The number of amides is 2. The third kappa shape index (κ3) is 4.27. The summed E-state index contributed by atoms with van der Waals surface area (Å²) in [4.78, 5) is 27.8. The molecule has 4 nitrogen and oxygen atoms in total. The molecule has 0 aromatic heterocycles. The van der Waals surface area contributed by atoms with E-state index in [4.69, 9.17) is 34.8 Å². The molecule has 0 N–H and O–H groups in total. The van der Waals surface area contributed by atoms with E-state index in [0.717, 1.165) is 0 Å². The topological polar surface area (TPSA) is 40.6 Å². The van der Waals surface area contributed by atoms with Crippen LogP contribution in [0.4, 0.5) is 0 Å². The first kappa shape index (κ1) is 18.6. The lowest BCUT2D eigenvalue weighted by Gasteiger charge is -2.39. The summed E-state index contributed by atoms with van der Waals surface area (Å²) in [5.74, 6) is -0.530. The second-order valence-corrected chi connectivity index (χ2v) is 8.21. The van der Waals surface area contributed by atoms with Crippen LogP contribution < -0.4 is 0 Å². The number of likely N-dealkylation sites (N-methyl/N-ethyl adjacent to an activating group) is 2. The van der Waals surface area contributed by atoms with Gasteiger partial charge in [-0.25, -0.2) is 0 Å². The number of hydrogen-bond acceptors (Lipinski definition) is 2. The zero-order valence-corrected chi connectivity index (χ0v) is 15.1. The van der Waals surface area contributed by atoms with Gasteiger partial charge in [-0.1, -0.05) is 55.6 Å². The molecular formula is C14H21Cl3N2O2. The van der Waals surface area contributed by atoms with Gasteiger partial charge in [0.2, 0.25) is 5.91 Å². The van der Waals surface area contributed by atoms with E-state index in [0.29, 0.717) is 12.3 Å². The second kappa shape index (κ2) is 6.76. The third-order valence-electron chi connectivity index (χ3n) is 3.60. The lowest BCUT2D eigenvalue weighted by atomic mass is 9.98. The number of hydrogen-bond donors (Lipinski definition) is 0. The lowest BCUT2D eigenvalue weighted by Crippen LogP contribution is -2.56. The number of allylic oxidation sites excluding steroid dienone is 1. The fourth-order valence-electron chi connectivity index (χ4n) is 2.19. The standard InChI is InChI=1S/C14H21Cl3N2O2/c1-8(2)6-10-12(20)19(5)11(13(21)18(10)4)7-9(3)14(15,16)17/h7-10H,6H2,1-5H3/b11-7-. The van der Waals surface area contributed by atoms with Crippen molar-refractivity contribution in [1.29, 1.82) is 0 Å². The second-order valence-electron chi connectivity index (χ2n) is 5.84. The summed E-state index contributed by atoms with van der Waals surface area (Å²) in [5.41, 5.74) is 0.251. The Morgan fingerprint density at radius 3 is 2.14 bits per heavy atom. The van der Waals surface area contributed by atoms with E-state index in [9.17, 15) is 9.59 Å². The van der Waals surface area contributed by atoms with Crippen molar-refractivity contribution in [3.8, 4) is 0 Å². The average molecular weight is 356 g/mol. The van der Waals surface area contributed by atoms with E-state index < -0.39 is 15.8 Å². The summed E-state index contributed by atoms with van der Waals surface area (Å²) in [7, 11) is 3.21. The highest BCUT2D eigenvalue weighted by Crippen LogP contribution is 2.37. The molecule has 0 bridgehead atoms. The fourth-order valence-corrected chi connectivity index (χ4v) is 2.38. The smallest absolute Gasteiger partial charge is 0.270 e. The summed E-state index contributed by atoms with van der Waals surface area (Å²) in [6.45, 7) is 5.72. The van der Waals surface area contributed by atoms with Crippen LogP contribution in [0.1, 0.15) is 27.2 Å². The van der Waals surface area contributed by atoms with Gasteiger partial charge in [0.1, 0.15) is 11.7 Å². The highest BCUT2D eigenvalue weighted by molar-refractivity contribution is 6.67. The summed E-state index contributed by atoms with van der Waals surface area (Å²) in [5, 5.41) is 0. The van der Waals surface area contributed by atoms with Gasteiger partial charge in [-0.3, -0.25) is 9.59 Å². The van der Waals surface area contributed by atoms with Gasteiger partial charge in [0.15, 0.2) is 3.79 Å². The van der Waals surface area contributed by atoms with Crippen LogP contribution in [0.25, 0.3) is 0 Å². The molecule has 0 spiro atoms. The molecular weight excluding hydrogens is 335 g/mol. The van der Waals surface area contributed by atoms with Crippen molar-refractivity contribution >= 4 is 46.6 Å². The van der Waals surface area contributed by atoms with Gasteiger partial charge >= 0.3 is 0 Å². The van der Waals surface area contributed by atoms with Crippen LogP contribution in [0.3, 0.4) is 0 Å². The molecule has 0 aromatic carbocycles. The molecule has 120 valence electrons. The van der Waals surface area contributed by atoms with Gasteiger partial charge < -0.3 is 9.80 Å². The Bertz CT molecular complexity index is 458. The van der Waals surface area contributed by atoms with Crippen LogP contribution in [0.2, 0.25) is 0 Å². The minimum absolute atomic E-state index is 0.117. The number of rotatable bonds is 3. The molecule has 2 atom stereocenters. The summed E-state index contributed by atoms with van der Waals surface area (Å²) in [6, 6.07) is -0.442. The number of alkyl halides is 3. The molecule has 2 unspecified atom stereocenters. The summed E-state index contributed by atoms with van der Waals surface area (Å²) < 4.78 is -1.52. The lowest BCUT2D eigenvalue weighted by molar-refractivity contribution is -0.149. The number of halogens is 3. The summed E-state index contributed by atoms with van der Waals surface area (Å²) >= 11 is 17.5. The molecule has 0 saturated carbocycles. The maximum absolute atomic E-state index is 12.5. The van der Waals surface area contributed by atoms with Gasteiger partial charge in [-0.2, -0.15) is 0 Å². The van der Waals surface area contributed by atoms with Crippen LogP contribution in [0.5, 0.6) is 0 Å². The molecule has 1 fully saturated rings. The minimum Gasteiger partial charge on any atom is -0.328 e. The Balaban J connectivity index is 3.09. The van der Waals surface area contributed by atoms with Crippen LogP contribution in [0.15, 0.2) is 11.8 Å². The van der Waals surface area contributed by atoms with E-state index in [1.54, 1.807) is 21.0 Å². The third-order valence-corrected chi connectivity index (χ3v) is 4.64. The van der Waals surface area contributed by atoms with Crippen molar-refractivity contribution in [1.82, 2.24) is 9.80 Å². The normalized spacial score (nSPS) is 24.2. The van der Waals surface area contributed by atoms with E-state index >= 15 is 0 Å². The molecule has 1 rings (SSSR count). The Morgan fingerprint density at radius 1 is 1.19 bits per heavy atom.